The van der Waals surface area contributed by atoms with Crippen LogP contribution in [0.15, 0.2) is 29.5 Å². The summed E-state index contributed by atoms with van der Waals surface area (Å²) >= 11 is 5.28. The average molecular weight is 375 g/mol. The summed E-state index contributed by atoms with van der Waals surface area (Å²) in [5.41, 5.74) is 2.15. The monoisotopic (exact) mass is 375 g/mol. The Hall–Kier alpha value is -2.28. The number of methoxy groups -OCH3 is 1. The van der Waals surface area contributed by atoms with Crippen LogP contribution in [0.3, 0.4) is 0 Å². The lowest BCUT2D eigenvalue weighted by atomic mass is 9.92. The van der Waals surface area contributed by atoms with Crippen LogP contribution in [0.25, 0.3) is 0 Å². The third-order valence-corrected chi connectivity index (χ3v) is 5.21. The van der Waals surface area contributed by atoms with Gasteiger partial charge in [0.25, 0.3) is 5.91 Å². The van der Waals surface area contributed by atoms with Crippen molar-refractivity contribution in [2.75, 3.05) is 7.11 Å². The van der Waals surface area contributed by atoms with Gasteiger partial charge in [0.15, 0.2) is 16.6 Å². The average Bonchev–Trinajstić information content (AvgIpc) is 2.62. The van der Waals surface area contributed by atoms with Gasteiger partial charge in [-0.3, -0.25) is 4.79 Å². The van der Waals surface area contributed by atoms with Crippen LogP contribution in [0.4, 0.5) is 0 Å². The van der Waals surface area contributed by atoms with E-state index in [-0.39, 0.29) is 17.7 Å². The summed E-state index contributed by atoms with van der Waals surface area (Å²) in [4.78, 5) is 13.0. The molecule has 1 aliphatic heterocycles. The van der Waals surface area contributed by atoms with Crippen molar-refractivity contribution >= 4 is 23.2 Å². The molecular formula is C19H25N3O3S. The van der Waals surface area contributed by atoms with E-state index < -0.39 is 6.04 Å². The van der Waals surface area contributed by atoms with E-state index >= 15 is 0 Å². The first kappa shape index (κ1) is 18.5. The largest absolute Gasteiger partial charge is 0.504 e. The van der Waals surface area contributed by atoms with Crippen molar-refractivity contribution in [3.05, 3.63) is 35.0 Å². The van der Waals surface area contributed by atoms with Crippen molar-refractivity contribution in [3.63, 3.8) is 0 Å². The van der Waals surface area contributed by atoms with Gasteiger partial charge in [-0.05, 0) is 49.7 Å². The number of nitrogens with one attached hydrogen (secondary N) is 3. The minimum Gasteiger partial charge on any atom is -0.504 e. The molecule has 7 heteroatoms. The normalized spacial score (nSPS) is 21.0. The molecular weight excluding hydrogens is 350 g/mol. The first-order valence-electron chi connectivity index (χ1n) is 8.95. The van der Waals surface area contributed by atoms with Crippen LogP contribution in [0, 0.1) is 0 Å². The lowest BCUT2D eigenvalue weighted by Crippen LogP contribution is -2.48. The number of rotatable bonds is 4. The molecule has 6 nitrogen and oxygen atoms in total. The number of thiocarbonyl (C=S) groups is 1. The molecule has 0 radical (unpaired) electrons. The van der Waals surface area contributed by atoms with Gasteiger partial charge >= 0.3 is 0 Å². The Morgan fingerprint density at radius 1 is 1.31 bits per heavy atom. The van der Waals surface area contributed by atoms with Crippen molar-refractivity contribution in [1.82, 2.24) is 16.0 Å². The van der Waals surface area contributed by atoms with E-state index in [1.54, 1.807) is 18.2 Å². The number of carbonyl (C=O) groups excluding carboxylic acids is 1. The molecule has 0 saturated heterocycles. The van der Waals surface area contributed by atoms with E-state index in [1.807, 2.05) is 6.92 Å². The van der Waals surface area contributed by atoms with Crippen molar-refractivity contribution in [2.45, 2.75) is 51.1 Å². The van der Waals surface area contributed by atoms with E-state index in [2.05, 4.69) is 16.0 Å². The summed E-state index contributed by atoms with van der Waals surface area (Å²) in [6, 6.07) is 4.88. The molecule has 1 saturated carbocycles. The molecule has 1 aromatic rings. The van der Waals surface area contributed by atoms with Crippen LogP contribution < -0.4 is 20.7 Å². The molecule has 0 aromatic heterocycles. The molecule has 0 bridgehead atoms. The minimum atomic E-state index is -0.401. The summed E-state index contributed by atoms with van der Waals surface area (Å²) < 4.78 is 5.20. The number of phenolic OH excluding ortho intramolecular Hbond substituents is 1. The first-order chi connectivity index (χ1) is 12.5. The number of aromatic hydroxyl groups is 1. The molecule has 1 aliphatic carbocycles. The van der Waals surface area contributed by atoms with Crippen molar-refractivity contribution in [2.24, 2.45) is 0 Å². The second kappa shape index (κ2) is 7.95. The molecule has 4 N–H and O–H groups in total. The van der Waals surface area contributed by atoms with Gasteiger partial charge in [0.05, 0.1) is 18.7 Å². The number of hydrogen-bond donors (Lipinski definition) is 4. The molecule has 1 atom stereocenters. The van der Waals surface area contributed by atoms with Crippen LogP contribution in [0.2, 0.25) is 0 Å². The van der Waals surface area contributed by atoms with Gasteiger partial charge in [0.1, 0.15) is 0 Å². The highest BCUT2D eigenvalue weighted by Crippen LogP contribution is 2.33. The standard InChI is InChI=1S/C19H25N3O3S/c1-11-16(18(24)21-13-6-4-3-5-7-13)17(22-19(26)20-11)12-8-9-14(23)15(10-12)25-2/h8-10,13,17,23H,3-7H2,1-2H3,(H,21,24)(H2,20,22,26). The van der Waals surface area contributed by atoms with E-state index in [0.717, 1.165) is 36.9 Å². The zero-order chi connectivity index (χ0) is 18.7. The fraction of sp³-hybridized carbons (Fsp3) is 0.474. The van der Waals surface area contributed by atoms with Crippen LogP contribution in [0.1, 0.15) is 50.6 Å². The third-order valence-electron chi connectivity index (χ3n) is 4.99. The van der Waals surface area contributed by atoms with E-state index in [1.165, 1.54) is 13.5 Å². The second-order valence-electron chi connectivity index (χ2n) is 6.81. The zero-order valence-electron chi connectivity index (χ0n) is 15.1. The van der Waals surface area contributed by atoms with E-state index in [0.29, 0.717) is 16.4 Å². The molecule has 1 amide bonds. The Morgan fingerprint density at radius 3 is 2.73 bits per heavy atom. The number of phenols is 1. The molecule has 1 heterocycles. The number of carbonyl (C=O) groups is 1. The molecule has 140 valence electrons. The van der Waals surface area contributed by atoms with Crippen LogP contribution >= 0.6 is 12.2 Å². The predicted octanol–water partition coefficient (Wildman–Crippen LogP) is 2.64. The smallest absolute Gasteiger partial charge is 0.251 e. The summed E-state index contributed by atoms with van der Waals surface area (Å²) in [5.74, 6) is 0.328. The predicted molar refractivity (Wildman–Crippen MR) is 104 cm³/mol. The Kier molecular flexibility index (Phi) is 5.66. The summed E-state index contributed by atoms with van der Waals surface area (Å²) in [6.07, 6.45) is 5.59. The van der Waals surface area contributed by atoms with Gasteiger partial charge in [0, 0.05) is 11.7 Å². The van der Waals surface area contributed by atoms with Gasteiger partial charge in [-0.25, -0.2) is 0 Å². The van der Waals surface area contributed by atoms with Gasteiger partial charge in [-0.1, -0.05) is 25.3 Å². The SMILES string of the molecule is COc1cc(C2NC(=S)NC(C)=C2C(=O)NC2CCCCC2)ccc1O. The number of allylic oxidation sites excluding steroid dienone is 1. The van der Waals surface area contributed by atoms with Gasteiger partial charge in [0.2, 0.25) is 0 Å². The Balaban J connectivity index is 1.90. The molecule has 0 spiro atoms. The van der Waals surface area contributed by atoms with Crippen LogP contribution in [0.5, 0.6) is 11.5 Å². The number of hydrogen-bond acceptors (Lipinski definition) is 4. The first-order valence-corrected chi connectivity index (χ1v) is 9.36. The summed E-state index contributed by atoms with van der Waals surface area (Å²) in [7, 11) is 1.50. The van der Waals surface area contributed by atoms with E-state index in [4.69, 9.17) is 17.0 Å². The molecule has 26 heavy (non-hydrogen) atoms. The summed E-state index contributed by atoms with van der Waals surface area (Å²) in [5, 5.41) is 19.7. The maximum Gasteiger partial charge on any atom is 0.251 e. The highest BCUT2D eigenvalue weighted by Gasteiger charge is 2.31. The number of ether oxygens (including phenoxy) is 1. The van der Waals surface area contributed by atoms with Crippen molar-refractivity contribution < 1.29 is 14.6 Å². The van der Waals surface area contributed by atoms with E-state index in [9.17, 15) is 9.90 Å². The Labute approximate surface area is 159 Å². The van der Waals surface area contributed by atoms with Gasteiger partial charge in [-0.2, -0.15) is 0 Å². The second-order valence-corrected chi connectivity index (χ2v) is 7.22. The number of benzene rings is 1. The lowest BCUT2D eigenvalue weighted by Gasteiger charge is -2.32. The van der Waals surface area contributed by atoms with Gasteiger partial charge in [-0.15, -0.1) is 0 Å². The van der Waals surface area contributed by atoms with Crippen LogP contribution in [-0.2, 0) is 4.79 Å². The maximum absolute atomic E-state index is 13.0. The summed E-state index contributed by atoms with van der Waals surface area (Å²) in [6.45, 7) is 1.85. The van der Waals surface area contributed by atoms with Gasteiger partial charge < -0.3 is 25.8 Å². The highest BCUT2D eigenvalue weighted by molar-refractivity contribution is 7.80. The number of amides is 1. The lowest BCUT2D eigenvalue weighted by molar-refractivity contribution is -0.118. The zero-order valence-corrected chi connectivity index (χ0v) is 15.9. The Bertz CT molecular complexity index is 742. The quantitative estimate of drug-likeness (QED) is 0.606. The molecule has 1 fully saturated rings. The van der Waals surface area contributed by atoms with Crippen LogP contribution in [-0.4, -0.2) is 29.3 Å². The highest BCUT2D eigenvalue weighted by atomic mass is 32.1. The molecule has 2 aliphatic rings. The minimum absolute atomic E-state index is 0.0571. The molecule has 1 unspecified atom stereocenters. The molecule has 1 aromatic carbocycles. The maximum atomic E-state index is 13.0. The van der Waals surface area contributed by atoms with Crippen molar-refractivity contribution in [1.29, 1.82) is 0 Å². The Morgan fingerprint density at radius 2 is 2.04 bits per heavy atom. The fourth-order valence-electron chi connectivity index (χ4n) is 3.63. The fourth-order valence-corrected chi connectivity index (χ4v) is 3.90. The topological polar surface area (TPSA) is 82.6 Å². The molecule has 3 rings (SSSR count). The van der Waals surface area contributed by atoms with Crippen molar-refractivity contribution in [3.8, 4) is 11.5 Å². The third kappa shape index (κ3) is 3.93.